The Morgan fingerprint density at radius 3 is 2.58 bits per heavy atom. The first-order chi connectivity index (χ1) is 5.59. The maximum Gasteiger partial charge on any atom is 0.231 e. The van der Waals surface area contributed by atoms with Crippen molar-refractivity contribution < 1.29 is 9.59 Å². The molecule has 1 saturated heterocycles. The predicted octanol–water partition coefficient (Wildman–Crippen LogP) is -1.71. The maximum absolute atomic E-state index is 10.7. The Morgan fingerprint density at radius 2 is 2.17 bits per heavy atom. The van der Waals surface area contributed by atoms with Crippen LogP contribution in [0.2, 0.25) is 0 Å². The van der Waals surface area contributed by atoms with Crippen LogP contribution in [0.15, 0.2) is 0 Å². The average molecular weight is 171 g/mol. The molecule has 0 spiro atoms. The second-order valence-electron chi connectivity index (χ2n) is 2.97. The van der Waals surface area contributed by atoms with Gasteiger partial charge >= 0.3 is 0 Å². The van der Waals surface area contributed by atoms with Crippen molar-refractivity contribution in [2.45, 2.75) is 13.0 Å². The summed E-state index contributed by atoms with van der Waals surface area (Å²) in [5, 5.41) is 2.93. The van der Waals surface area contributed by atoms with Crippen LogP contribution in [0.5, 0.6) is 0 Å². The van der Waals surface area contributed by atoms with Gasteiger partial charge in [-0.1, -0.05) is 0 Å². The van der Waals surface area contributed by atoms with Crippen LogP contribution >= 0.6 is 0 Å². The number of nitrogens with zero attached hydrogens (tertiary/aromatic N) is 1. The van der Waals surface area contributed by atoms with Gasteiger partial charge in [-0.3, -0.25) is 9.59 Å². The minimum Gasteiger partial charge on any atom is -0.369 e. The third-order valence-corrected chi connectivity index (χ3v) is 1.89. The number of nitrogens with one attached hydrogen (secondary N) is 1. The largest absolute Gasteiger partial charge is 0.369 e. The number of likely N-dealkylation sites (tertiary alicyclic amines) is 1. The summed E-state index contributed by atoms with van der Waals surface area (Å²) in [4.78, 5) is 22.8. The van der Waals surface area contributed by atoms with E-state index in [0.717, 1.165) is 0 Å². The Morgan fingerprint density at radius 1 is 1.58 bits per heavy atom. The monoisotopic (exact) mass is 171 g/mol. The Kier molecular flexibility index (Phi) is 2.65. The molecule has 0 aliphatic carbocycles. The van der Waals surface area contributed by atoms with Crippen molar-refractivity contribution in [2.24, 2.45) is 5.73 Å². The molecule has 1 heterocycles. The first-order valence-electron chi connectivity index (χ1n) is 3.87. The van der Waals surface area contributed by atoms with E-state index in [4.69, 9.17) is 5.73 Å². The van der Waals surface area contributed by atoms with Crippen LogP contribution in [0.25, 0.3) is 0 Å². The molecule has 3 N–H and O–H groups in total. The number of hydrogen-bond acceptors (Lipinski definition) is 3. The van der Waals surface area contributed by atoms with E-state index in [0.29, 0.717) is 13.1 Å². The summed E-state index contributed by atoms with van der Waals surface area (Å²) in [7, 11) is 0. The van der Waals surface area contributed by atoms with Crippen LogP contribution in [-0.4, -0.2) is 42.4 Å². The lowest BCUT2D eigenvalue weighted by Gasteiger charge is -2.38. The smallest absolute Gasteiger partial charge is 0.231 e. The zero-order chi connectivity index (χ0) is 9.14. The van der Waals surface area contributed by atoms with Crippen molar-refractivity contribution in [2.75, 3.05) is 19.6 Å². The Bertz CT molecular complexity index is 196. The topological polar surface area (TPSA) is 75.4 Å². The minimum absolute atomic E-state index is 0.0760. The van der Waals surface area contributed by atoms with E-state index in [1.165, 1.54) is 6.92 Å². The summed E-state index contributed by atoms with van der Waals surface area (Å²) < 4.78 is 0. The molecule has 1 aliphatic rings. The van der Waals surface area contributed by atoms with Gasteiger partial charge in [0.15, 0.2) is 0 Å². The molecule has 0 aromatic rings. The molecule has 0 bridgehead atoms. The van der Waals surface area contributed by atoms with E-state index < -0.39 is 0 Å². The van der Waals surface area contributed by atoms with Gasteiger partial charge < -0.3 is 16.0 Å². The Balaban J connectivity index is 2.10. The Labute approximate surface area is 70.9 Å². The highest BCUT2D eigenvalue weighted by molar-refractivity contribution is 5.76. The van der Waals surface area contributed by atoms with Crippen LogP contribution in [-0.2, 0) is 9.59 Å². The highest BCUT2D eigenvalue weighted by atomic mass is 16.2. The highest BCUT2D eigenvalue weighted by Gasteiger charge is 2.27. The molecule has 1 rings (SSSR count). The highest BCUT2D eigenvalue weighted by Crippen LogP contribution is 2.06. The van der Waals surface area contributed by atoms with Crippen LogP contribution in [0, 0.1) is 0 Å². The van der Waals surface area contributed by atoms with Gasteiger partial charge in [-0.25, -0.2) is 0 Å². The number of rotatable bonds is 3. The van der Waals surface area contributed by atoms with Gasteiger partial charge in [0, 0.05) is 26.1 Å². The molecule has 5 heteroatoms. The second kappa shape index (κ2) is 3.53. The standard InChI is InChI=1S/C7H13N3O2/c1-5(11)10-3-6(4-10)9-2-7(8)12/h6,9H,2-4H2,1H3,(H2,8,12). The van der Waals surface area contributed by atoms with Gasteiger partial charge in [0.25, 0.3) is 0 Å². The number of carbonyl (C=O) groups excluding carboxylic acids is 2. The summed E-state index contributed by atoms with van der Waals surface area (Å²) in [5.41, 5.74) is 4.93. The quantitative estimate of drug-likeness (QED) is 0.531. The van der Waals surface area contributed by atoms with Crippen LogP contribution < -0.4 is 11.1 Å². The molecule has 12 heavy (non-hydrogen) atoms. The average Bonchev–Trinajstić information content (AvgIpc) is 1.82. The molecule has 0 unspecified atom stereocenters. The number of primary amides is 1. The SMILES string of the molecule is CC(=O)N1CC(NCC(N)=O)C1. The number of nitrogens with two attached hydrogens (primary N) is 1. The van der Waals surface area contributed by atoms with Gasteiger partial charge in [0.2, 0.25) is 11.8 Å². The van der Waals surface area contributed by atoms with Crippen LogP contribution in [0.4, 0.5) is 0 Å². The molecule has 2 amide bonds. The van der Waals surface area contributed by atoms with E-state index in [1.54, 1.807) is 4.90 Å². The first kappa shape index (κ1) is 8.99. The Hall–Kier alpha value is -1.10. The van der Waals surface area contributed by atoms with E-state index in [-0.39, 0.29) is 24.4 Å². The molecule has 1 aliphatic heterocycles. The van der Waals surface area contributed by atoms with Crippen molar-refractivity contribution in [3.8, 4) is 0 Å². The molecule has 0 radical (unpaired) electrons. The lowest BCUT2D eigenvalue weighted by Crippen LogP contribution is -2.60. The molecule has 0 saturated carbocycles. The normalized spacial score (nSPS) is 17.2. The number of carbonyl (C=O) groups is 2. The second-order valence-corrected chi connectivity index (χ2v) is 2.97. The third kappa shape index (κ3) is 2.20. The minimum atomic E-state index is -0.365. The lowest BCUT2D eigenvalue weighted by molar-refractivity contribution is -0.133. The summed E-state index contributed by atoms with van der Waals surface area (Å²) in [6.07, 6.45) is 0. The zero-order valence-electron chi connectivity index (χ0n) is 7.04. The van der Waals surface area contributed by atoms with Gasteiger partial charge in [-0.05, 0) is 0 Å². The van der Waals surface area contributed by atoms with E-state index in [9.17, 15) is 9.59 Å². The zero-order valence-corrected chi connectivity index (χ0v) is 7.04. The van der Waals surface area contributed by atoms with Gasteiger partial charge in [-0.2, -0.15) is 0 Å². The fourth-order valence-corrected chi connectivity index (χ4v) is 1.11. The van der Waals surface area contributed by atoms with Crippen molar-refractivity contribution in [1.82, 2.24) is 10.2 Å². The third-order valence-electron chi connectivity index (χ3n) is 1.89. The van der Waals surface area contributed by atoms with Crippen molar-refractivity contribution >= 4 is 11.8 Å². The summed E-state index contributed by atoms with van der Waals surface area (Å²) in [6, 6.07) is 0.237. The molecular formula is C7H13N3O2. The van der Waals surface area contributed by atoms with E-state index in [1.807, 2.05) is 0 Å². The molecular weight excluding hydrogens is 158 g/mol. The van der Waals surface area contributed by atoms with Gasteiger partial charge in [-0.15, -0.1) is 0 Å². The van der Waals surface area contributed by atoms with E-state index >= 15 is 0 Å². The van der Waals surface area contributed by atoms with E-state index in [2.05, 4.69) is 5.32 Å². The first-order valence-corrected chi connectivity index (χ1v) is 3.87. The lowest BCUT2D eigenvalue weighted by atomic mass is 10.1. The number of amides is 2. The summed E-state index contributed by atoms with van der Waals surface area (Å²) >= 11 is 0. The van der Waals surface area contributed by atoms with Gasteiger partial charge in [0.05, 0.1) is 6.54 Å². The molecule has 5 nitrogen and oxygen atoms in total. The van der Waals surface area contributed by atoms with Gasteiger partial charge in [0.1, 0.15) is 0 Å². The molecule has 0 aromatic heterocycles. The fraction of sp³-hybridized carbons (Fsp3) is 0.714. The predicted molar refractivity (Wildman–Crippen MR) is 43.2 cm³/mol. The van der Waals surface area contributed by atoms with Crippen molar-refractivity contribution in [3.05, 3.63) is 0 Å². The molecule has 0 atom stereocenters. The van der Waals surface area contributed by atoms with Crippen LogP contribution in [0.3, 0.4) is 0 Å². The number of hydrogen-bond donors (Lipinski definition) is 2. The molecule has 68 valence electrons. The molecule has 0 aromatic carbocycles. The summed E-state index contributed by atoms with van der Waals surface area (Å²) in [6.45, 7) is 3.09. The van der Waals surface area contributed by atoms with Crippen molar-refractivity contribution in [3.63, 3.8) is 0 Å². The van der Waals surface area contributed by atoms with Crippen LogP contribution in [0.1, 0.15) is 6.92 Å². The molecule has 1 fully saturated rings. The fourth-order valence-electron chi connectivity index (χ4n) is 1.11. The maximum atomic E-state index is 10.7. The van der Waals surface area contributed by atoms with Crippen molar-refractivity contribution in [1.29, 1.82) is 0 Å². The summed E-state index contributed by atoms with van der Waals surface area (Å²) in [5.74, 6) is -0.289.